The number of benzene rings is 2. The minimum atomic E-state index is -2.32. The molecule has 0 spiro atoms. The average molecular weight is 548 g/mol. The van der Waals surface area contributed by atoms with Crippen LogP contribution in [0.4, 0.5) is 22.0 Å². The lowest BCUT2D eigenvalue weighted by Gasteiger charge is -2.32. The Balaban J connectivity index is 1.71. The maximum atomic E-state index is 15.0. The fourth-order valence-corrected chi connectivity index (χ4v) is 5.30. The zero-order valence-electron chi connectivity index (χ0n) is 20.8. The maximum Gasteiger partial charge on any atom is 0.356 e. The third-order valence-electron chi connectivity index (χ3n) is 6.85. The number of guanidine groups is 1. The van der Waals surface area contributed by atoms with Crippen molar-refractivity contribution in [2.75, 3.05) is 13.2 Å². The van der Waals surface area contributed by atoms with Gasteiger partial charge in [-0.1, -0.05) is 30.3 Å². The Labute approximate surface area is 219 Å². The molecule has 0 aromatic heterocycles. The van der Waals surface area contributed by atoms with Crippen LogP contribution in [-0.4, -0.2) is 47.8 Å². The molecule has 2 N–H and O–H groups in total. The summed E-state index contributed by atoms with van der Waals surface area (Å²) >= 11 is 0. The summed E-state index contributed by atoms with van der Waals surface area (Å²) in [5.74, 6) is -12.3. The highest BCUT2D eigenvalue weighted by Crippen LogP contribution is 2.41. The van der Waals surface area contributed by atoms with Crippen molar-refractivity contribution in [3.63, 3.8) is 0 Å². The fourth-order valence-electron chi connectivity index (χ4n) is 5.30. The average Bonchev–Trinajstić information content (AvgIpc) is 3.37. The van der Waals surface area contributed by atoms with Crippen LogP contribution in [-0.2, 0) is 19.1 Å². The van der Waals surface area contributed by atoms with Crippen molar-refractivity contribution in [3.8, 4) is 0 Å². The zero-order valence-corrected chi connectivity index (χ0v) is 20.8. The van der Waals surface area contributed by atoms with Crippen LogP contribution in [0.25, 0.3) is 11.4 Å². The fraction of sp³-hybridized carbons (Fsp3) is 0.296. The van der Waals surface area contributed by atoms with Crippen molar-refractivity contribution in [1.29, 1.82) is 0 Å². The van der Waals surface area contributed by atoms with Crippen molar-refractivity contribution >= 4 is 29.3 Å². The van der Waals surface area contributed by atoms with E-state index < -0.39 is 64.4 Å². The van der Waals surface area contributed by atoms with Crippen molar-refractivity contribution in [2.45, 2.75) is 38.8 Å². The number of ether oxygens (including phenoxy) is 2. The van der Waals surface area contributed by atoms with Gasteiger partial charge in [0.25, 0.3) is 0 Å². The van der Waals surface area contributed by atoms with Crippen molar-refractivity contribution in [1.82, 2.24) is 10.6 Å². The van der Waals surface area contributed by atoms with Gasteiger partial charge in [-0.2, -0.15) is 0 Å². The molecule has 3 aliphatic rings. The standard InChI is InChI=1S/C27H22F5N3O4/c1-3-38-25(36)15-13-10-11-14-16(26(37)39-4-2)24(17-18(28)20(30)22(32)21(31)19(17)29)34-27(35(13)14)33-23(15)12-8-6-5-7-9-12/h5-9,13-14H,3-4,10-11H2,1-2H3,(H,33,34,36,37)/p+1/t13-,14+/m1/s1. The van der Waals surface area contributed by atoms with E-state index in [9.17, 15) is 22.8 Å². The normalized spacial score (nSPS) is 20.0. The second-order valence-electron chi connectivity index (χ2n) is 8.94. The first-order valence-corrected chi connectivity index (χ1v) is 12.3. The van der Waals surface area contributed by atoms with Crippen LogP contribution in [0.15, 0.2) is 41.5 Å². The molecule has 0 radical (unpaired) electrons. The van der Waals surface area contributed by atoms with Gasteiger partial charge in [-0.05, 0) is 26.7 Å². The Morgan fingerprint density at radius 1 is 0.769 bits per heavy atom. The summed E-state index contributed by atoms with van der Waals surface area (Å²) in [6, 6.07) is 7.19. The predicted octanol–water partition coefficient (Wildman–Crippen LogP) is 3.74. The van der Waals surface area contributed by atoms with Crippen LogP contribution in [0.5, 0.6) is 0 Å². The van der Waals surface area contributed by atoms with Crippen molar-refractivity contribution in [2.24, 2.45) is 0 Å². The molecule has 0 bridgehead atoms. The Bertz CT molecular complexity index is 1460. The molecule has 204 valence electrons. The molecular formula is C27H23F5N3O4+. The van der Waals surface area contributed by atoms with E-state index in [-0.39, 0.29) is 36.7 Å². The maximum absolute atomic E-state index is 15.0. The molecule has 1 saturated heterocycles. The van der Waals surface area contributed by atoms with Crippen molar-refractivity contribution in [3.05, 3.63) is 81.7 Å². The molecule has 2 atom stereocenters. The van der Waals surface area contributed by atoms with Gasteiger partial charge < -0.3 is 9.47 Å². The molecule has 0 amide bonds. The third-order valence-corrected chi connectivity index (χ3v) is 6.85. The summed E-state index contributed by atoms with van der Waals surface area (Å²) in [7, 11) is 0. The number of nitrogens with one attached hydrogen (secondary N) is 2. The second kappa shape index (κ2) is 10.2. The molecule has 2 aromatic rings. The summed E-state index contributed by atoms with van der Waals surface area (Å²) in [5, 5.41) is 5.75. The first-order chi connectivity index (χ1) is 18.7. The number of carbonyl (C=O) groups excluding carboxylic acids is 2. The molecule has 3 heterocycles. The largest absolute Gasteiger partial charge is 0.462 e. The van der Waals surface area contributed by atoms with Crippen LogP contribution in [0.2, 0.25) is 0 Å². The monoisotopic (exact) mass is 548 g/mol. The zero-order chi connectivity index (χ0) is 28.0. The van der Waals surface area contributed by atoms with E-state index >= 15 is 8.78 Å². The van der Waals surface area contributed by atoms with E-state index in [1.807, 2.05) is 0 Å². The molecule has 3 aliphatic heterocycles. The van der Waals surface area contributed by atoms with Crippen molar-refractivity contribution < 1.29 is 45.6 Å². The molecule has 1 fully saturated rings. The lowest BCUT2D eigenvalue weighted by atomic mass is 9.95. The number of hydrogen-bond acceptors (Lipinski definition) is 6. The predicted molar refractivity (Wildman–Crippen MR) is 128 cm³/mol. The number of carbonyl (C=O) groups is 2. The molecule has 5 rings (SSSR count). The van der Waals surface area contributed by atoms with Crippen LogP contribution in [0, 0.1) is 29.1 Å². The quantitative estimate of drug-likeness (QED) is 0.188. The Morgan fingerprint density at radius 2 is 1.23 bits per heavy atom. The first kappa shape index (κ1) is 26.4. The topological polar surface area (TPSA) is 79.7 Å². The summed E-state index contributed by atoms with van der Waals surface area (Å²) in [6.07, 6.45) is 0.519. The van der Waals surface area contributed by atoms with Gasteiger partial charge in [0.15, 0.2) is 23.3 Å². The van der Waals surface area contributed by atoms with E-state index in [2.05, 4.69) is 10.6 Å². The van der Waals surface area contributed by atoms with Gasteiger partial charge in [0, 0.05) is 5.56 Å². The van der Waals surface area contributed by atoms with E-state index in [4.69, 9.17) is 9.47 Å². The minimum Gasteiger partial charge on any atom is -0.462 e. The molecule has 0 unspecified atom stereocenters. The Hall–Kier alpha value is -4.22. The minimum absolute atomic E-state index is 0.0985. The van der Waals surface area contributed by atoms with E-state index in [0.717, 1.165) is 0 Å². The lowest BCUT2D eigenvalue weighted by Crippen LogP contribution is -2.56. The van der Waals surface area contributed by atoms with Crippen LogP contribution in [0.3, 0.4) is 0 Å². The van der Waals surface area contributed by atoms with Gasteiger partial charge in [-0.25, -0.2) is 46.8 Å². The first-order valence-electron chi connectivity index (χ1n) is 12.3. The summed E-state index contributed by atoms with van der Waals surface area (Å²) in [4.78, 5) is 26.3. The van der Waals surface area contributed by atoms with Crippen LogP contribution in [0.1, 0.15) is 37.8 Å². The van der Waals surface area contributed by atoms with Gasteiger partial charge in [-0.3, -0.25) is 0 Å². The molecule has 2 aromatic carbocycles. The molecular weight excluding hydrogens is 525 g/mol. The van der Waals surface area contributed by atoms with E-state index in [0.29, 0.717) is 17.7 Å². The number of nitrogens with zero attached hydrogens (tertiary/aromatic N) is 1. The summed E-state index contributed by atoms with van der Waals surface area (Å²) < 4.78 is 84.4. The molecule has 12 heteroatoms. The molecule has 39 heavy (non-hydrogen) atoms. The Morgan fingerprint density at radius 3 is 1.74 bits per heavy atom. The van der Waals surface area contributed by atoms with E-state index in [1.165, 1.54) is 6.92 Å². The van der Waals surface area contributed by atoms with Crippen LogP contribution >= 0.6 is 0 Å². The molecule has 0 saturated carbocycles. The highest BCUT2D eigenvalue weighted by molar-refractivity contribution is 6.08. The lowest BCUT2D eigenvalue weighted by molar-refractivity contribution is -0.566. The SMILES string of the molecule is CCOC(=O)C1=C(c2ccccc2)NC2=[N+]3[C@@H]1CC[C@H]3C(C(=O)OCC)=C(c1c(F)c(F)c(F)c(F)c1F)N2. The second-order valence-corrected chi connectivity index (χ2v) is 8.94. The Kier molecular flexibility index (Phi) is 6.87. The third kappa shape index (κ3) is 4.14. The highest BCUT2D eigenvalue weighted by atomic mass is 19.2. The molecule has 0 aliphatic carbocycles. The highest BCUT2D eigenvalue weighted by Gasteiger charge is 2.52. The van der Waals surface area contributed by atoms with Gasteiger partial charge in [-0.15, -0.1) is 0 Å². The summed E-state index contributed by atoms with van der Waals surface area (Å²) in [5.41, 5.74) is -1.00. The van der Waals surface area contributed by atoms with Gasteiger partial charge >= 0.3 is 17.9 Å². The summed E-state index contributed by atoms with van der Waals surface area (Å²) in [6.45, 7) is 3.17. The smallest absolute Gasteiger partial charge is 0.356 e. The molecule has 7 nitrogen and oxygen atoms in total. The van der Waals surface area contributed by atoms with Gasteiger partial charge in [0.05, 0.1) is 18.8 Å². The van der Waals surface area contributed by atoms with Crippen LogP contribution < -0.4 is 10.6 Å². The number of rotatable bonds is 6. The van der Waals surface area contributed by atoms with Gasteiger partial charge in [0.2, 0.25) is 5.82 Å². The van der Waals surface area contributed by atoms with E-state index in [1.54, 1.807) is 41.8 Å². The number of hydrogen-bond donors (Lipinski definition) is 2. The number of esters is 2. The van der Waals surface area contributed by atoms with Gasteiger partial charge in [0.1, 0.15) is 34.6 Å². The number of halogens is 5.